The summed E-state index contributed by atoms with van der Waals surface area (Å²) >= 11 is 0. The molecule has 2 aromatic rings. The molecular formula is C12H14F2N6. The zero-order valence-corrected chi connectivity index (χ0v) is 10.8. The average molecular weight is 280 g/mol. The van der Waals surface area contributed by atoms with Crippen molar-refractivity contribution in [1.82, 2.24) is 15.2 Å². The fourth-order valence-electron chi connectivity index (χ4n) is 1.49. The minimum absolute atomic E-state index is 0.0380. The number of halogens is 2. The van der Waals surface area contributed by atoms with Crippen molar-refractivity contribution in [2.45, 2.75) is 19.9 Å². The molecule has 2 rings (SSSR count). The molecule has 8 heteroatoms. The van der Waals surface area contributed by atoms with Gasteiger partial charge in [-0.05, 0) is 12.1 Å². The summed E-state index contributed by atoms with van der Waals surface area (Å²) in [6, 6.07) is 3.03. The van der Waals surface area contributed by atoms with E-state index in [9.17, 15) is 8.78 Å². The summed E-state index contributed by atoms with van der Waals surface area (Å²) in [5.41, 5.74) is 5.53. The third-order valence-electron chi connectivity index (χ3n) is 2.48. The molecule has 20 heavy (non-hydrogen) atoms. The normalized spacial score (nSPS) is 11.7. The van der Waals surface area contributed by atoms with Crippen LogP contribution in [0, 0.1) is 11.6 Å². The van der Waals surface area contributed by atoms with Gasteiger partial charge in [-0.15, -0.1) is 0 Å². The van der Waals surface area contributed by atoms with Gasteiger partial charge in [0.05, 0.1) is 5.69 Å². The van der Waals surface area contributed by atoms with Crippen molar-refractivity contribution in [1.29, 1.82) is 0 Å². The number of hydrogen-bond donors (Lipinski definition) is 3. The van der Waals surface area contributed by atoms with Gasteiger partial charge in [0.15, 0.2) is 11.8 Å². The molecule has 1 heterocycles. The summed E-state index contributed by atoms with van der Waals surface area (Å²) < 4.78 is 26.4. The number of aliphatic imine (C=N–C) groups is 1. The quantitative estimate of drug-likeness (QED) is 0.585. The SMILES string of the molecule is CCc1n[nH]c(CN=C(N)Nc2cc(F)ccc2F)n1. The summed E-state index contributed by atoms with van der Waals surface area (Å²) in [5.74, 6) is 0.00942. The summed E-state index contributed by atoms with van der Waals surface area (Å²) in [4.78, 5) is 8.12. The zero-order valence-electron chi connectivity index (χ0n) is 10.8. The molecule has 6 nitrogen and oxygen atoms in total. The van der Waals surface area contributed by atoms with Crippen LogP contribution in [0.1, 0.15) is 18.6 Å². The number of aromatic nitrogens is 3. The Balaban J connectivity index is 2.01. The lowest BCUT2D eigenvalue weighted by Crippen LogP contribution is -2.23. The molecule has 0 amide bonds. The van der Waals surface area contributed by atoms with Gasteiger partial charge in [0.1, 0.15) is 24.0 Å². The van der Waals surface area contributed by atoms with Gasteiger partial charge in [-0.3, -0.25) is 5.10 Å². The van der Waals surface area contributed by atoms with E-state index >= 15 is 0 Å². The fraction of sp³-hybridized carbons (Fsp3) is 0.250. The first kappa shape index (κ1) is 13.9. The highest BCUT2D eigenvalue weighted by Crippen LogP contribution is 2.14. The second-order valence-electron chi connectivity index (χ2n) is 4.00. The van der Waals surface area contributed by atoms with Crippen molar-refractivity contribution in [3.8, 4) is 0 Å². The van der Waals surface area contributed by atoms with E-state index in [1.807, 2.05) is 6.92 Å². The van der Waals surface area contributed by atoms with Crippen LogP contribution in [0.2, 0.25) is 0 Å². The maximum absolute atomic E-state index is 13.4. The molecule has 0 atom stereocenters. The summed E-state index contributed by atoms with van der Waals surface area (Å²) in [6.45, 7) is 2.10. The Bertz CT molecular complexity index is 622. The number of hydrogen-bond acceptors (Lipinski definition) is 3. The number of rotatable bonds is 4. The molecule has 0 aliphatic rings. The summed E-state index contributed by atoms with van der Waals surface area (Å²) in [5, 5.41) is 9.15. The number of benzene rings is 1. The maximum Gasteiger partial charge on any atom is 0.193 e. The number of anilines is 1. The lowest BCUT2D eigenvalue weighted by molar-refractivity contribution is 0.604. The van der Waals surface area contributed by atoms with Crippen molar-refractivity contribution in [2.24, 2.45) is 10.7 Å². The predicted octanol–water partition coefficient (Wildman–Crippen LogP) is 1.57. The smallest absolute Gasteiger partial charge is 0.193 e. The van der Waals surface area contributed by atoms with Crippen LogP contribution >= 0.6 is 0 Å². The largest absolute Gasteiger partial charge is 0.370 e. The molecule has 0 saturated carbocycles. The lowest BCUT2D eigenvalue weighted by Gasteiger charge is -2.06. The van der Waals surface area contributed by atoms with Gasteiger partial charge in [0.25, 0.3) is 0 Å². The molecule has 0 fully saturated rings. The highest BCUT2D eigenvalue weighted by Gasteiger charge is 2.05. The molecule has 0 aliphatic heterocycles. The monoisotopic (exact) mass is 280 g/mol. The number of nitrogens with zero attached hydrogens (tertiary/aromatic N) is 3. The molecule has 1 aromatic heterocycles. The van der Waals surface area contributed by atoms with Crippen LogP contribution in [0.15, 0.2) is 23.2 Å². The number of nitrogens with one attached hydrogen (secondary N) is 2. The summed E-state index contributed by atoms with van der Waals surface area (Å²) in [7, 11) is 0. The average Bonchev–Trinajstić information content (AvgIpc) is 2.89. The molecule has 106 valence electrons. The molecule has 0 aliphatic carbocycles. The van der Waals surface area contributed by atoms with Crippen molar-refractivity contribution < 1.29 is 8.78 Å². The van der Waals surface area contributed by atoms with E-state index in [-0.39, 0.29) is 18.2 Å². The van der Waals surface area contributed by atoms with Gasteiger partial charge in [-0.1, -0.05) is 6.92 Å². The van der Waals surface area contributed by atoms with E-state index in [2.05, 4.69) is 25.5 Å². The maximum atomic E-state index is 13.4. The first-order valence-electron chi connectivity index (χ1n) is 6.00. The Hall–Kier alpha value is -2.51. The van der Waals surface area contributed by atoms with Crippen molar-refractivity contribution in [3.63, 3.8) is 0 Å². The highest BCUT2D eigenvalue weighted by molar-refractivity contribution is 5.92. The molecule has 0 bridgehead atoms. The van der Waals surface area contributed by atoms with Crippen LogP contribution in [0.4, 0.5) is 14.5 Å². The van der Waals surface area contributed by atoms with E-state index in [1.54, 1.807) is 0 Å². The first-order chi connectivity index (χ1) is 9.58. The zero-order chi connectivity index (χ0) is 14.5. The first-order valence-corrected chi connectivity index (χ1v) is 6.00. The van der Waals surface area contributed by atoms with Crippen LogP contribution in [0.3, 0.4) is 0 Å². The topological polar surface area (TPSA) is 92.0 Å². The Kier molecular flexibility index (Phi) is 4.24. The molecule has 0 spiro atoms. The van der Waals surface area contributed by atoms with Crippen LogP contribution in [0.5, 0.6) is 0 Å². The van der Waals surface area contributed by atoms with Crippen molar-refractivity contribution >= 4 is 11.6 Å². The molecule has 0 unspecified atom stereocenters. The Morgan fingerprint density at radius 2 is 2.25 bits per heavy atom. The van der Waals surface area contributed by atoms with Gasteiger partial charge in [0.2, 0.25) is 0 Å². The van der Waals surface area contributed by atoms with Crippen LogP contribution in [-0.4, -0.2) is 21.1 Å². The third kappa shape index (κ3) is 3.50. The number of aryl methyl sites for hydroxylation is 1. The Labute approximate surface area is 114 Å². The number of H-pyrrole nitrogens is 1. The van der Waals surface area contributed by atoms with Crippen LogP contribution < -0.4 is 11.1 Å². The predicted molar refractivity (Wildman–Crippen MR) is 71.1 cm³/mol. The van der Waals surface area contributed by atoms with Gasteiger partial charge in [-0.2, -0.15) is 5.10 Å². The molecule has 0 radical (unpaired) electrons. The van der Waals surface area contributed by atoms with Gasteiger partial charge < -0.3 is 11.1 Å². The minimum atomic E-state index is -0.613. The van der Waals surface area contributed by atoms with Crippen molar-refractivity contribution in [2.75, 3.05) is 5.32 Å². The second kappa shape index (κ2) is 6.09. The van der Waals surface area contributed by atoms with E-state index < -0.39 is 11.6 Å². The minimum Gasteiger partial charge on any atom is -0.370 e. The molecule has 4 N–H and O–H groups in total. The highest BCUT2D eigenvalue weighted by atomic mass is 19.1. The second-order valence-corrected chi connectivity index (χ2v) is 4.00. The van der Waals surface area contributed by atoms with E-state index in [0.29, 0.717) is 18.1 Å². The molecule has 0 saturated heterocycles. The standard InChI is InChI=1S/C12H14F2N6/c1-2-10-18-11(20-19-10)6-16-12(15)17-9-5-7(13)3-4-8(9)14/h3-5H,2,6H2,1H3,(H3,15,16,17)(H,18,19,20). The third-order valence-corrected chi connectivity index (χ3v) is 2.48. The Morgan fingerprint density at radius 3 is 2.95 bits per heavy atom. The van der Waals surface area contributed by atoms with E-state index in [0.717, 1.165) is 18.2 Å². The molecule has 1 aromatic carbocycles. The van der Waals surface area contributed by atoms with Gasteiger partial charge in [-0.25, -0.2) is 18.8 Å². The Morgan fingerprint density at radius 1 is 1.45 bits per heavy atom. The van der Waals surface area contributed by atoms with E-state index in [4.69, 9.17) is 5.73 Å². The number of aromatic amines is 1. The van der Waals surface area contributed by atoms with Crippen LogP contribution in [0.25, 0.3) is 0 Å². The molecular weight excluding hydrogens is 266 g/mol. The number of guanidine groups is 1. The fourth-order valence-corrected chi connectivity index (χ4v) is 1.49. The van der Waals surface area contributed by atoms with Crippen LogP contribution in [-0.2, 0) is 13.0 Å². The lowest BCUT2D eigenvalue weighted by atomic mass is 10.3. The van der Waals surface area contributed by atoms with Gasteiger partial charge >= 0.3 is 0 Å². The number of nitrogens with two attached hydrogens (primary N) is 1. The summed E-state index contributed by atoms with van der Waals surface area (Å²) in [6.07, 6.45) is 0.711. The van der Waals surface area contributed by atoms with E-state index in [1.165, 1.54) is 0 Å². The van der Waals surface area contributed by atoms with Crippen molar-refractivity contribution in [3.05, 3.63) is 41.5 Å². The van der Waals surface area contributed by atoms with Gasteiger partial charge in [0, 0.05) is 12.5 Å².